The maximum Gasteiger partial charge on any atom is 0.187 e. The molecule has 1 spiro atoms. The van der Waals surface area contributed by atoms with Crippen molar-refractivity contribution in [3.63, 3.8) is 0 Å². The quantitative estimate of drug-likeness (QED) is 0.800. The summed E-state index contributed by atoms with van der Waals surface area (Å²) in [5.41, 5.74) is 3.87. The predicted molar refractivity (Wildman–Crippen MR) is 90.9 cm³/mol. The molecule has 1 aromatic rings. The molecule has 1 aliphatic heterocycles. The number of thioether (sulfide) groups is 1. The predicted octanol–water partition coefficient (Wildman–Crippen LogP) is 4.53. The molecule has 3 rings (SSSR count). The van der Waals surface area contributed by atoms with E-state index < -0.39 is 0 Å². The Morgan fingerprint density at radius 2 is 2.24 bits per heavy atom. The maximum atomic E-state index is 7.16. The van der Waals surface area contributed by atoms with Gasteiger partial charge < -0.3 is 5.32 Å². The van der Waals surface area contributed by atoms with E-state index >= 15 is 0 Å². The van der Waals surface area contributed by atoms with Crippen LogP contribution in [0.4, 0.5) is 11.4 Å². The highest BCUT2D eigenvalue weighted by molar-refractivity contribution is 8.00. The summed E-state index contributed by atoms with van der Waals surface area (Å²) in [5.74, 6) is 1.22. The Kier molecular flexibility index (Phi) is 4.42. The molecule has 0 bridgehead atoms. The maximum absolute atomic E-state index is 7.16. The minimum atomic E-state index is 0.303. The second-order valence-corrected chi connectivity index (χ2v) is 7.26. The molecule has 3 nitrogen and oxygen atoms in total. The smallest absolute Gasteiger partial charge is 0.187 e. The van der Waals surface area contributed by atoms with Crippen LogP contribution in [0.2, 0.25) is 0 Å². The fourth-order valence-corrected chi connectivity index (χ4v) is 4.83. The molecule has 1 unspecified atom stereocenters. The lowest BCUT2D eigenvalue weighted by Crippen LogP contribution is -2.44. The van der Waals surface area contributed by atoms with Gasteiger partial charge in [-0.2, -0.15) is 0 Å². The zero-order valence-electron chi connectivity index (χ0n) is 12.6. The van der Waals surface area contributed by atoms with Gasteiger partial charge in [0.25, 0.3) is 0 Å². The Bertz CT molecular complexity index is 543. The Hall–Kier alpha value is -1.18. The first kappa shape index (κ1) is 14.7. The number of anilines is 1. The van der Waals surface area contributed by atoms with Crippen LogP contribution in [0.5, 0.6) is 0 Å². The minimum Gasteiger partial charge on any atom is -0.361 e. The Labute approximate surface area is 131 Å². The van der Waals surface area contributed by atoms with Crippen LogP contribution in [-0.4, -0.2) is 16.8 Å². The van der Waals surface area contributed by atoms with E-state index in [1.165, 1.54) is 42.7 Å². The SMILES string of the molecule is [C-]#[N+]c1ccc(NC2NC3(CCCC3)CS2)c(CCC)c1. The fraction of sp³-hybridized carbons (Fsp3) is 0.588. The van der Waals surface area contributed by atoms with Crippen molar-refractivity contribution in [2.24, 2.45) is 0 Å². The number of hydrogen-bond donors (Lipinski definition) is 2. The molecule has 1 atom stereocenters. The molecule has 21 heavy (non-hydrogen) atoms. The van der Waals surface area contributed by atoms with Crippen LogP contribution in [0, 0.1) is 6.57 Å². The monoisotopic (exact) mass is 301 g/mol. The molecule has 1 heterocycles. The highest BCUT2D eigenvalue weighted by Gasteiger charge is 2.41. The molecular weight excluding hydrogens is 278 g/mol. The van der Waals surface area contributed by atoms with E-state index in [4.69, 9.17) is 6.57 Å². The van der Waals surface area contributed by atoms with E-state index in [0.717, 1.165) is 18.5 Å². The summed E-state index contributed by atoms with van der Waals surface area (Å²) in [6.45, 7) is 9.35. The third kappa shape index (κ3) is 3.20. The molecule has 0 amide bonds. The van der Waals surface area contributed by atoms with E-state index in [2.05, 4.69) is 28.5 Å². The first-order chi connectivity index (χ1) is 10.2. The lowest BCUT2D eigenvalue weighted by Gasteiger charge is -2.25. The summed E-state index contributed by atoms with van der Waals surface area (Å²) in [6.07, 6.45) is 7.48. The van der Waals surface area contributed by atoms with Gasteiger partial charge >= 0.3 is 0 Å². The normalized spacial score (nSPS) is 23.3. The largest absolute Gasteiger partial charge is 0.361 e. The number of nitrogens with one attached hydrogen (secondary N) is 2. The van der Waals surface area contributed by atoms with Gasteiger partial charge in [-0.25, -0.2) is 4.85 Å². The summed E-state index contributed by atoms with van der Waals surface area (Å²) in [6, 6.07) is 6.02. The van der Waals surface area contributed by atoms with Crippen molar-refractivity contribution in [1.29, 1.82) is 0 Å². The number of hydrogen-bond acceptors (Lipinski definition) is 3. The summed E-state index contributed by atoms with van der Waals surface area (Å²) in [4.78, 5) is 3.55. The van der Waals surface area contributed by atoms with Crippen molar-refractivity contribution < 1.29 is 0 Å². The number of rotatable bonds is 4. The fourth-order valence-electron chi connectivity index (χ4n) is 3.43. The number of benzene rings is 1. The standard InChI is InChI=1S/C17H23N3S/c1-3-6-13-11-14(18-2)7-8-15(13)19-16-20-17(12-21-16)9-4-5-10-17/h7-8,11,16,19-20H,3-6,9-10,12H2,1H3. The summed E-state index contributed by atoms with van der Waals surface area (Å²) < 4.78 is 0. The Balaban J connectivity index is 1.71. The zero-order valence-corrected chi connectivity index (χ0v) is 13.4. The van der Waals surface area contributed by atoms with E-state index in [0.29, 0.717) is 11.0 Å². The molecule has 4 heteroatoms. The van der Waals surface area contributed by atoms with Gasteiger partial charge in [0.2, 0.25) is 0 Å². The Morgan fingerprint density at radius 3 is 2.95 bits per heavy atom. The number of nitrogens with zero attached hydrogens (tertiary/aromatic N) is 1. The van der Waals surface area contributed by atoms with E-state index in [-0.39, 0.29) is 0 Å². The summed E-state index contributed by atoms with van der Waals surface area (Å²) in [7, 11) is 0. The summed E-state index contributed by atoms with van der Waals surface area (Å²) in [5, 5.41) is 7.45. The van der Waals surface area contributed by atoms with Gasteiger partial charge in [0.1, 0.15) is 5.50 Å². The lowest BCUT2D eigenvalue weighted by molar-refractivity contribution is 0.394. The molecule has 1 saturated heterocycles. The molecular formula is C17H23N3S. The van der Waals surface area contributed by atoms with E-state index in [9.17, 15) is 0 Å². The van der Waals surface area contributed by atoms with Crippen molar-refractivity contribution in [1.82, 2.24) is 5.32 Å². The average molecular weight is 301 g/mol. The topological polar surface area (TPSA) is 28.4 Å². The van der Waals surface area contributed by atoms with Gasteiger partial charge in [-0.3, -0.25) is 5.32 Å². The molecule has 1 saturated carbocycles. The lowest BCUT2D eigenvalue weighted by atomic mass is 10.0. The molecule has 2 N–H and O–H groups in total. The van der Waals surface area contributed by atoms with Crippen LogP contribution in [0.3, 0.4) is 0 Å². The molecule has 1 aliphatic carbocycles. The van der Waals surface area contributed by atoms with Crippen LogP contribution < -0.4 is 10.6 Å². The summed E-state index contributed by atoms with van der Waals surface area (Å²) >= 11 is 1.99. The first-order valence-corrected chi connectivity index (χ1v) is 8.96. The van der Waals surface area contributed by atoms with Crippen molar-refractivity contribution >= 4 is 23.1 Å². The van der Waals surface area contributed by atoms with Crippen molar-refractivity contribution in [3.05, 3.63) is 35.2 Å². The van der Waals surface area contributed by atoms with Crippen LogP contribution in [0.25, 0.3) is 4.85 Å². The van der Waals surface area contributed by atoms with Gasteiger partial charge in [-0.15, -0.1) is 11.8 Å². The van der Waals surface area contributed by atoms with Gasteiger partial charge in [0, 0.05) is 17.0 Å². The van der Waals surface area contributed by atoms with Crippen LogP contribution in [0.15, 0.2) is 18.2 Å². The third-order valence-electron chi connectivity index (χ3n) is 4.55. The van der Waals surface area contributed by atoms with E-state index in [1.807, 2.05) is 23.9 Å². The molecule has 112 valence electrons. The van der Waals surface area contributed by atoms with Crippen LogP contribution in [-0.2, 0) is 6.42 Å². The zero-order chi connectivity index (χ0) is 14.7. The van der Waals surface area contributed by atoms with Crippen molar-refractivity contribution in [2.45, 2.75) is 56.5 Å². The van der Waals surface area contributed by atoms with Gasteiger partial charge in [0.15, 0.2) is 5.69 Å². The van der Waals surface area contributed by atoms with Gasteiger partial charge in [-0.05, 0) is 30.9 Å². The molecule has 2 fully saturated rings. The van der Waals surface area contributed by atoms with Crippen molar-refractivity contribution in [2.75, 3.05) is 11.1 Å². The molecule has 0 radical (unpaired) electrons. The second-order valence-electron chi connectivity index (χ2n) is 6.17. The van der Waals surface area contributed by atoms with Crippen LogP contribution >= 0.6 is 11.8 Å². The average Bonchev–Trinajstić information content (AvgIpc) is 3.12. The van der Waals surface area contributed by atoms with Crippen LogP contribution in [0.1, 0.15) is 44.6 Å². The second kappa shape index (κ2) is 6.29. The molecule has 1 aromatic carbocycles. The highest BCUT2D eigenvalue weighted by atomic mass is 32.2. The highest BCUT2D eigenvalue weighted by Crippen LogP contribution is 2.39. The van der Waals surface area contributed by atoms with Gasteiger partial charge in [0.05, 0.1) is 6.57 Å². The Morgan fingerprint density at radius 1 is 1.43 bits per heavy atom. The molecule has 2 aliphatic rings. The van der Waals surface area contributed by atoms with E-state index in [1.54, 1.807) is 0 Å². The first-order valence-electron chi connectivity index (χ1n) is 7.91. The third-order valence-corrected chi connectivity index (χ3v) is 5.84. The molecule has 0 aromatic heterocycles. The van der Waals surface area contributed by atoms with Crippen molar-refractivity contribution in [3.8, 4) is 0 Å². The van der Waals surface area contributed by atoms with Gasteiger partial charge in [-0.1, -0.05) is 38.3 Å². The number of aryl methyl sites for hydroxylation is 1. The minimum absolute atomic E-state index is 0.303.